The fourth-order valence-corrected chi connectivity index (χ4v) is 6.24. The van der Waals surface area contributed by atoms with Gasteiger partial charge < -0.3 is 25.1 Å². The maximum absolute atomic E-state index is 12.6. The van der Waals surface area contributed by atoms with Crippen LogP contribution in [0.2, 0.25) is 0 Å². The maximum Gasteiger partial charge on any atom is 0.335 e. The summed E-state index contributed by atoms with van der Waals surface area (Å²) in [4.78, 5) is 14.1. The third-order valence-corrected chi connectivity index (χ3v) is 8.57. The second-order valence-corrected chi connectivity index (χ2v) is 11.5. The summed E-state index contributed by atoms with van der Waals surface area (Å²) in [6.45, 7) is 6.64. The number of nitrogens with zero attached hydrogens (tertiary/aromatic N) is 2. The monoisotopic (exact) mass is 536 g/mol. The average Bonchev–Trinajstić information content (AvgIpc) is 3.04. The number of rotatable bonds is 5. The summed E-state index contributed by atoms with van der Waals surface area (Å²) in [5.41, 5.74) is 1.71. The highest BCUT2D eigenvalue weighted by atomic mass is 35.5. The molecule has 5 rings (SSSR count). The molecular formula is C30H33ClN2O5. The molecule has 2 atom stereocenters. The van der Waals surface area contributed by atoms with Crippen molar-refractivity contribution in [3.63, 3.8) is 0 Å². The number of ether oxygens (including phenoxy) is 1. The number of piperidine rings is 1. The van der Waals surface area contributed by atoms with Crippen LogP contribution in [0, 0.1) is 16.5 Å². The first kappa shape index (κ1) is 26.5. The van der Waals surface area contributed by atoms with Crippen molar-refractivity contribution in [1.82, 2.24) is 4.90 Å². The number of aromatic nitrogens is 1. The highest BCUT2D eigenvalue weighted by molar-refractivity contribution is 6.31. The maximum atomic E-state index is 12.6. The number of benzene rings is 1. The number of likely N-dealkylation sites (tertiary alicyclic amines) is 1. The molecule has 0 saturated carbocycles. The third-order valence-electron chi connectivity index (χ3n) is 8.29. The van der Waals surface area contributed by atoms with Crippen molar-refractivity contribution in [2.75, 3.05) is 19.6 Å². The number of aliphatic hydroxyl groups is 1. The lowest BCUT2D eigenvalue weighted by Crippen LogP contribution is -2.60. The van der Waals surface area contributed by atoms with Crippen molar-refractivity contribution in [3.8, 4) is 5.75 Å². The van der Waals surface area contributed by atoms with E-state index in [1.54, 1.807) is 18.2 Å². The van der Waals surface area contributed by atoms with E-state index in [-0.39, 0.29) is 23.5 Å². The zero-order valence-corrected chi connectivity index (χ0v) is 22.4. The SMILES string of the molecule is CC1(C)CN(CC/C=C2/c3cc(C(=O)O)ccc3OCc3c2ccc[n+]3[O-])CC[C@@]1(O)C1C=CC(Cl)=CC1. The molecule has 1 aliphatic carbocycles. The van der Waals surface area contributed by atoms with Crippen molar-refractivity contribution < 1.29 is 24.5 Å². The van der Waals surface area contributed by atoms with Crippen molar-refractivity contribution in [3.05, 3.63) is 93.5 Å². The van der Waals surface area contributed by atoms with Crippen LogP contribution in [0.1, 0.15) is 60.3 Å². The molecule has 2 N–H and O–H groups in total. The van der Waals surface area contributed by atoms with Gasteiger partial charge >= 0.3 is 5.97 Å². The number of pyridine rings is 1. The number of hydrogen-bond acceptors (Lipinski definition) is 5. The summed E-state index contributed by atoms with van der Waals surface area (Å²) >= 11 is 6.11. The van der Waals surface area contributed by atoms with Gasteiger partial charge in [0.15, 0.2) is 12.8 Å². The smallest absolute Gasteiger partial charge is 0.335 e. The lowest BCUT2D eigenvalue weighted by molar-refractivity contribution is -0.616. The van der Waals surface area contributed by atoms with E-state index in [0.29, 0.717) is 29.8 Å². The Morgan fingerprint density at radius 2 is 2.13 bits per heavy atom. The summed E-state index contributed by atoms with van der Waals surface area (Å²) in [7, 11) is 0. The number of hydrogen-bond donors (Lipinski definition) is 2. The number of halogens is 1. The molecule has 1 aromatic heterocycles. The summed E-state index contributed by atoms with van der Waals surface area (Å²) < 4.78 is 6.73. The van der Waals surface area contributed by atoms with E-state index in [9.17, 15) is 20.2 Å². The quantitative estimate of drug-likeness (QED) is 0.417. The fraction of sp³-hybridized carbons (Fsp3) is 0.400. The zero-order valence-electron chi connectivity index (χ0n) is 21.7. The van der Waals surface area contributed by atoms with Crippen LogP contribution in [0.4, 0.5) is 0 Å². The number of carboxylic acid groups (broad SMARTS) is 1. The first-order valence-corrected chi connectivity index (χ1v) is 13.4. The number of allylic oxidation sites excluding steroid dienone is 3. The van der Waals surface area contributed by atoms with Gasteiger partial charge in [-0.25, -0.2) is 4.79 Å². The molecule has 7 nitrogen and oxygen atoms in total. The minimum absolute atomic E-state index is 0.0329. The Bertz CT molecular complexity index is 1350. The van der Waals surface area contributed by atoms with Crippen LogP contribution in [0.3, 0.4) is 0 Å². The molecule has 0 bridgehead atoms. The Kier molecular flexibility index (Phi) is 7.11. The minimum atomic E-state index is -1.02. The molecule has 0 spiro atoms. The first-order chi connectivity index (χ1) is 18.1. The van der Waals surface area contributed by atoms with Crippen LogP contribution < -0.4 is 9.47 Å². The Morgan fingerprint density at radius 1 is 1.32 bits per heavy atom. The predicted octanol–water partition coefficient (Wildman–Crippen LogP) is 4.89. The molecule has 2 aliphatic heterocycles. The van der Waals surface area contributed by atoms with E-state index in [1.165, 1.54) is 12.3 Å². The summed E-state index contributed by atoms with van der Waals surface area (Å²) in [6.07, 6.45) is 11.5. The molecule has 0 amide bonds. The first-order valence-electron chi connectivity index (χ1n) is 13.0. The Hall–Kier alpha value is -3.13. The molecule has 1 unspecified atom stereocenters. The van der Waals surface area contributed by atoms with Crippen LogP contribution in [-0.2, 0) is 6.61 Å². The van der Waals surface area contributed by atoms with Gasteiger partial charge in [-0.2, -0.15) is 4.73 Å². The highest BCUT2D eigenvalue weighted by Gasteiger charge is 2.51. The van der Waals surface area contributed by atoms with Gasteiger partial charge in [0, 0.05) is 47.6 Å². The molecule has 2 aromatic rings. The molecule has 8 heteroatoms. The van der Waals surface area contributed by atoms with Crippen LogP contribution in [-0.4, -0.2) is 46.3 Å². The predicted molar refractivity (Wildman–Crippen MR) is 146 cm³/mol. The zero-order chi connectivity index (χ0) is 27.1. The average molecular weight is 537 g/mol. The van der Waals surface area contributed by atoms with Crippen molar-refractivity contribution >= 4 is 23.1 Å². The van der Waals surface area contributed by atoms with Gasteiger partial charge in [0.25, 0.3) is 0 Å². The van der Waals surface area contributed by atoms with Gasteiger partial charge in [0.2, 0.25) is 5.69 Å². The van der Waals surface area contributed by atoms with E-state index < -0.39 is 11.6 Å². The number of aromatic carboxylic acids is 1. The second-order valence-electron chi connectivity index (χ2n) is 11.0. The van der Waals surface area contributed by atoms with Crippen molar-refractivity contribution in [2.24, 2.45) is 11.3 Å². The number of carbonyl (C=O) groups is 1. The van der Waals surface area contributed by atoms with E-state index in [4.69, 9.17) is 16.3 Å². The Labute approximate surface area is 227 Å². The highest BCUT2D eigenvalue weighted by Crippen LogP contribution is 2.46. The summed E-state index contributed by atoms with van der Waals surface area (Å²) in [5, 5.41) is 34.6. The molecular weight excluding hydrogens is 504 g/mol. The summed E-state index contributed by atoms with van der Waals surface area (Å²) in [6, 6.07) is 8.36. The van der Waals surface area contributed by atoms with Crippen molar-refractivity contribution in [2.45, 2.75) is 45.3 Å². The van der Waals surface area contributed by atoms with Crippen LogP contribution in [0.25, 0.3) is 5.57 Å². The lowest BCUT2D eigenvalue weighted by atomic mass is 9.62. The van der Waals surface area contributed by atoms with E-state index in [0.717, 1.165) is 47.0 Å². The second kappa shape index (κ2) is 10.2. The molecule has 200 valence electrons. The molecule has 3 aliphatic rings. The third kappa shape index (κ3) is 4.86. The van der Waals surface area contributed by atoms with Gasteiger partial charge in [-0.15, -0.1) is 0 Å². The van der Waals surface area contributed by atoms with Gasteiger partial charge in [-0.3, -0.25) is 0 Å². The van der Waals surface area contributed by atoms with Gasteiger partial charge in [0.1, 0.15) is 5.75 Å². The van der Waals surface area contributed by atoms with Crippen LogP contribution in [0.5, 0.6) is 5.75 Å². The standard InChI is InChI=1S/C30H33ClN2O5/c1-29(2)19-32(16-13-30(29,36)21-8-10-22(31)11-9-21)14-3-5-23-24-6-4-15-33(37)26(24)18-38-27-12-7-20(28(34)35)17-25(23)27/h4-8,10-12,15,17,21,36H,3,9,13-14,16,18-19H2,1-2H3,(H,34,35)/b23-5+/t21?,30-/m1/s1. The molecule has 1 fully saturated rings. The van der Waals surface area contributed by atoms with Gasteiger partial charge in [-0.05, 0) is 55.2 Å². The summed E-state index contributed by atoms with van der Waals surface area (Å²) in [5.74, 6) is -0.432. The van der Waals surface area contributed by atoms with Crippen LogP contribution in [0.15, 0.2) is 65.9 Å². The number of fused-ring (bicyclic) bond motifs is 2. The molecule has 38 heavy (non-hydrogen) atoms. The van der Waals surface area contributed by atoms with Crippen LogP contribution >= 0.6 is 11.6 Å². The van der Waals surface area contributed by atoms with E-state index >= 15 is 0 Å². The van der Waals surface area contributed by atoms with E-state index in [1.807, 2.05) is 24.3 Å². The Morgan fingerprint density at radius 3 is 2.84 bits per heavy atom. The molecule has 0 radical (unpaired) electrons. The normalized spacial score (nSPS) is 25.6. The lowest BCUT2D eigenvalue weighted by Gasteiger charge is -2.53. The molecule has 1 aromatic carbocycles. The molecule has 3 heterocycles. The van der Waals surface area contributed by atoms with Gasteiger partial charge in [-0.1, -0.05) is 43.7 Å². The van der Waals surface area contributed by atoms with E-state index in [2.05, 4.69) is 24.8 Å². The largest absolute Gasteiger partial charge is 0.618 e. The topological polar surface area (TPSA) is 96.9 Å². The minimum Gasteiger partial charge on any atom is -0.618 e. The van der Waals surface area contributed by atoms with Gasteiger partial charge in [0.05, 0.1) is 16.7 Å². The number of carboxylic acids is 1. The van der Waals surface area contributed by atoms with Crippen molar-refractivity contribution in [1.29, 1.82) is 0 Å². The Balaban J connectivity index is 1.38. The fourth-order valence-electron chi connectivity index (χ4n) is 6.08. The molecule has 1 saturated heterocycles.